The maximum atomic E-state index is 11.2. The van der Waals surface area contributed by atoms with Gasteiger partial charge in [-0.25, -0.2) is 4.79 Å². The maximum absolute atomic E-state index is 11.2. The van der Waals surface area contributed by atoms with Crippen LogP contribution in [0.5, 0.6) is 0 Å². The molecule has 0 spiro atoms. The predicted molar refractivity (Wildman–Crippen MR) is 84.3 cm³/mol. The van der Waals surface area contributed by atoms with Crippen LogP contribution >= 0.6 is 15.9 Å². The number of benzene rings is 1. The molecular weight excluding hydrogens is 318 g/mol. The summed E-state index contributed by atoms with van der Waals surface area (Å²) in [6.45, 7) is 0. The highest BCUT2D eigenvalue weighted by atomic mass is 79.9. The molecule has 1 aliphatic carbocycles. The summed E-state index contributed by atoms with van der Waals surface area (Å²) >= 11 is 3.87. The first-order valence-corrected chi connectivity index (χ1v) is 8.42. The third-order valence-corrected chi connectivity index (χ3v) is 5.60. The van der Waals surface area contributed by atoms with Gasteiger partial charge >= 0.3 is 5.76 Å². The normalized spacial score (nSPS) is 19.6. The average Bonchev–Trinajstić information content (AvgIpc) is 2.76. The quantitative estimate of drug-likeness (QED) is 0.790. The van der Waals surface area contributed by atoms with E-state index in [1.54, 1.807) is 0 Å². The lowest BCUT2D eigenvalue weighted by Gasteiger charge is -2.24. The van der Waals surface area contributed by atoms with Crippen molar-refractivity contribution >= 4 is 27.0 Å². The summed E-state index contributed by atoms with van der Waals surface area (Å²) in [5.41, 5.74) is 2.64. The van der Waals surface area contributed by atoms with Gasteiger partial charge in [0.2, 0.25) is 0 Å². The summed E-state index contributed by atoms with van der Waals surface area (Å²) in [7, 11) is 0. The van der Waals surface area contributed by atoms with Crippen molar-refractivity contribution in [1.82, 2.24) is 4.98 Å². The fourth-order valence-electron chi connectivity index (χ4n) is 3.19. The summed E-state index contributed by atoms with van der Waals surface area (Å²) in [5.74, 6) is 0.299. The Morgan fingerprint density at radius 2 is 1.85 bits per heavy atom. The van der Waals surface area contributed by atoms with Gasteiger partial charge in [0.1, 0.15) is 0 Å². The Morgan fingerprint density at radius 3 is 2.60 bits per heavy atom. The van der Waals surface area contributed by atoms with E-state index in [0.29, 0.717) is 16.3 Å². The highest BCUT2D eigenvalue weighted by molar-refractivity contribution is 9.09. The summed E-state index contributed by atoms with van der Waals surface area (Å²) in [6, 6.07) is 6.02. The van der Waals surface area contributed by atoms with Crippen LogP contribution in [0.15, 0.2) is 27.4 Å². The standard InChI is InChI=1S/C16H20BrNO2/c17-15(11-6-4-2-1-3-5-7-11)12-8-9-13-14(10-12)20-16(19)18-13/h8-11,15H,1-7H2,(H,18,19). The third kappa shape index (κ3) is 3.00. The molecule has 1 aromatic carbocycles. The number of hydrogen-bond acceptors (Lipinski definition) is 2. The zero-order valence-electron chi connectivity index (χ0n) is 11.5. The van der Waals surface area contributed by atoms with Crippen LogP contribution in [0.2, 0.25) is 0 Å². The minimum Gasteiger partial charge on any atom is -0.408 e. The highest BCUT2D eigenvalue weighted by Crippen LogP contribution is 2.39. The number of H-pyrrole nitrogens is 1. The molecule has 1 heterocycles. The van der Waals surface area contributed by atoms with Crippen molar-refractivity contribution in [2.24, 2.45) is 5.92 Å². The first-order chi connectivity index (χ1) is 9.74. The number of aromatic nitrogens is 1. The molecule has 1 fully saturated rings. The van der Waals surface area contributed by atoms with Crippen molar-refractivity contribution in [2.75, 3.05) is 0 Å². The molecule has 1 atom stereocenters. The molecule has 3 rings (SSSR count). The highest BCUT2D eigenvalue weighted by Gasteiger charge is 2.22. The number of alkyl halides is 1. The van der Waals surface area contributed by atoms with E-state index in [0.717, 1.165) is 5.52 Å². The van der Waals surface area contributed by atoms with E-state index < -0.39 is 0 Å². The minimum absolute atomic E-state index is 0.352. The van der Waals surface area contributed by atoms with Gasteiger partial charge in [-0.15, -0.1) is 0 Å². The molecule has 3 nitrogen and oxygen atoms in total. The van der Waals surface area contributed by atoms with Gasteiger partial charge in [-0.3, -0.25) is 4.98 Å². The SMILES string of the molecule is O=c1[nH]c2ccc(C(Br)C3CCCCCCC3)cc2o1. The topological polar surface area (TPSA) is 46.0 Å². The molecule has 20 heavy (non-hydrogen) atoms. The lowest BCUT2D eigenvalue weighted by Crippen LogP contribution is -2.10. The van der Waals surface area contributed by atoms with Gasteiger partial charge in [0.25, 0.3) is 0 Å². The first-order valence-electron chi connectivity index (χ1n) is 7.51. The fraction of sp³-hybridized carbons (Fsp3) is 0.562. The number of hydrogen-bond donors (Lipinski definition) is 1. The fourth-order valence-corrected chi connectivity index (χ4v) is 4.00. The van der Waals surface area contributed by atoms with E-state index in [4.69, 9.17) is 4.42 Å². The molecule has 0 aliphatic heterocycles. The molecule has 2 aromatic rings. The largest absolute Gasteiger partial charge is 0.417 e. The zero-order chi connectivity index (χ0) is 13.9. The first kappa shape index (κ1) is 13.9. The second-order valence-electron chi connectivity index (χ2n) is 5.78. The van der Waals surface area contributed by atoms with Crippen LogP contribution in [0.1, 0.15) is 55.3 Å². The number of fused-ring (bicyclic) bond motifs is 1. The van der Waals surface area contributed by atoms with Gasteiger partial charge in [-0.05, 0) is 36.5 Å². The lowest BCUT2D eigenvalue weighted by atomic mass is 9.86. The smallest absolute Gasteiger partial charge is 0.408 e. The predicted octanol–water partition coefficient (Wildman–Crippen LogP) is 4.92. The molecule has 0 bridgehead atoms. The molecular formula is C16H20BrNO2. The van der Waals surface area contributed by atoms with Gasteiger partial charge in [0.15, 0.2) is 5.58 Å². The van der Waals surface area contributed by atoms with Crippen molar-refractivity contribution in [3.05, 3.63) is 34.3 Å². The number of oxazole rings is 1. The molecule has 1 unspecified atom stereocenters. The Morgan fingerprint density at radius 1 is 1.15 bits per heavy atom. The molecule has 0 radical (unpaired) electrons. The monoisotopic (exact) mass is 337 g/mol. The third-order valence-electron chi connectivity index (χ3n) is 4.33. The molecule has 0 amide bonds. The van der Waals surface area contributed by atoms with Gasteiger partial charge in [0, 0.05) is 4.83 Å². The molecule has 108 valence electrons. The maximum Gasteiger partial charge on any atom is 0.417 e. The molecule has 1 saturated carbocycles. The number of halogens is 1. The van der Waals surface area contributed by atoms with Crippen molar-refractivity contribution in [1.29, 1.82) is 0 Å². The van der Waals surface area contributed by atoms with Crippen LogP contribution in [-0.4, -0.2) is 4.98 Å². The van der Waals surface area contributed by atoms with E-state index in [1.807, 2.05) is 12.1 Å². The van der Waals surface area contributed by atoms with E-state index in [9.17, 15) is 4.79 Å². The Balaban J connectivity index is 1.82. The molecule has 4 heteroatoms. The van der Waals surface area contributed by atoms with E-state index >= 15 is 0 Å². The molecule has 1 N–H and O–H groups in total. The van der Waals surface area contributed by atoms with Gasteiger partial charge in [-0.2, -0.15) is 0 Å². The van der Waals surface area contributed by atoms with Crippen molar-refractivity contribution < 1.29 is 4.42 Å². The second-order valence-corrected chi connectivity index (χ2v) is 6.76. The molecule has 1 aromatic heterocycles. The Kier molecular flexibility index (Phi) is 4.29. The van der Waals surface area contributed by atoms with Gasteiger partial charge < -0.3 is 4.42 Å². The van der Waals surface area contributed by atoms with Crippen molar-refractivity contribution in [2.45, 2.75) is 49.8 Å². The zero-order valence-corrected chi connectivity index (χ0v) is 13.1. The van der Waals surface area contributed by atoms with Crippen LogP contribution in [0.3, 0.4) is 0 Å². The average molecular weight is 338 g/mol. The van der Waals surface area contributed by atoms with Crippen LogP contribution in [0, 0.1) is 5.92 Å². The second kappa shape index (κ2) is 6.17. The van der Waals surface area contributed by atoms with E-state index in [-0.39, 0.29) is 5.76 Å². The van der Waals surface area contributed by atoms with E-state index in [1.165, 1.54) is 50.5 Å². The summed E-state index contributed by atoms with van der Waals surface area (Å²) in [6.07, 6.45) is 9.34. The van der Waals surface area contributed by atoms with Gasteiger partial charge in [0.05, 0.1) is 5.52 Å². The number of aromatic amines is 1. The van der Waals surface area contributed by atoms with Crippen LogP contribution in [0.25, 0.3) is 11.1 Å². The summed E-state index contributed by atoms with van der Waals surface area (Å²) < 4.78 is 5.16. The van der Waals surface area contributed by atoms with Crippen LogP contribution < -0.4 is 5.76 Å². The van der Waals surface area contributed by atoms with Crippen molar-refractivity contribution in [3.8, 4) is 0 Å². The lowest BCUT2D eigenvalue weighted by molar-refractivity contribution is 0.374. The summed E-state index contributed by atoms with van der Waals surface area (Å²) in [4.78, 5) is 14.3. The Bertz CT molecular complexity index is 623. The minimum atomic E-state index is -0.380. The number of rotatable bonds is 2. The van der Waals surface area contributed by atoms with Crippen molar-refractivity contribution in [3.63, 3.8) is 0 Å². The molecule has 1 aliphatic rings. The Labute approximate surface area is 126 Å². The van der Waals surface area contributed by atoms with Crippen LogP contribution in [-0.2, 0) is 0 Å². The summed E-state index contributed by atoms with van der Waals surface area (Å²) in [5, 5.41) is 0. The van der Waals surface area contributed by atoms with Crippen LogP contribution in [0.4, 0.5) is 0 Å². The van der Waals surface area contributed by atoms with E-state index in [2.05, 4.69) is 27.0 Å². The molecule has 0 saturated heterocycles. The number of nitrogens with one attached hydrogen (secondary N) is 1. The Hall–Kier alpha value is -1.03. The van der Waals surface area contributed by atoms with Gasteiger partial charge in [-0.1, -0.05) is 54.1 Å².